The zero-order valence-electron chi connectivity index (χ0n) is 8.38. The van der Waals surface area contributed by atoms with Crippen molar-refractivity contribution >= 4 is 0 Å². The first-order valence-electron chi connectivity index (χ1n) is 4.54. The van der Waals surface area contributed by atoms with Crippen LogP contribution in [0.15, 0.2) is 0 Å². The lowest BCUT2D eigenvalue weighted by Crippen LogP contribution is -2.51. The molecule has 0 amide bonds. The van der Waals surface area contributed by atoms with Gasteiger partial charge in [-0.2, -0.15) is 0 Å². The van der Waals surface area contributed by atoms with Gasteiger partial charge in [0.1, 0.15) is 0 Å². The number of halogens is 2. The zero-order valence-corrected chi connectivity index (χ0v) is 8.38. The molecule has 74 valence electrons. The Bertz CT molecular complexity index is 116. The Kier molecular flexibility index (Phi) is 4.11. The number of nitrogens with one attached hydrogen (secondary N) is 1. The van der Waals surface area contributed by atoms with Gasteiger partial charge in [0.05, 0.1) is 6.54 Å². The second kappa shape index (κ2) is 4.17. The van der Waals surface area contributed by atoms with Crippen molar-refractivity contribution in [3.8, 4) is 0 Å². The highest BCUT2D eigenvalue weighted by Crippen LogP contribution is 2.40. The van der Waals surface area contributed by atoms with E-state index in [1.807, 2.05) is 13.8 Å². The monoisotopic (exact) mass is 179 g/mol. The molecular weight excluding hydrogens is 160 g/mol. The fraction of sp³-hybridized carbons (Fsp3) is 1.00. The molecule has 0 aliphatic carbocycles. The third kappa shape index (κ3) is 2.41. The van der Waals surface area contributed by atoms with Crippen LogP contribution in [-0.4, -0.2) is 19.0 Å². The first-order valence-corrected chi connectivity index (χ1v) is 4.54. The van der Waals surface area contributed by atoms with Gasteiger partial charge in [0.2, 0.25) is 0 Å². The van der Waals surface area contributed by atoms with E-state index < -0.39 is 11.3 Å². The van der Waals surface area contributed by atoms with E-state index in [0.29, 0.717) is 13.0 Å². The van der Waals surface area contributed by atoms with E-state index in [4.69, 9.17) is 0 Å². The molecule has 0 bridgehead atoms. The van der Waals surface area contributed by atoms with Crippen LogP contribution < -0.4 is 5.32 Å². The van der Waals surface area contributed by atoms with Crippen LogP contribution >= 0.6 is 0 Å². The van der Waals surface area contributed by atoms with Crippen LogP contribution in [0.4, 0.5) is 8.78 Å². The topological polar surface area (TPSA) is 12.0 Å². The predicted molar refractivity (Wildman–Crippen MR) is 47.6 cm³/mol. The first kappa shape index (κ1) is 11.8. The summed E-state index contributed by atoms with van der Waals surface area (Å²) in [6, 6.07) is 0. The van der Waals surface area contributed by atoms with Gasteiger partial charge in [0.25, 0.3) is 5.92 Å². The lowest BCUT2D eigenvalue weighted by atomic mass is 9.80. The Morgan fingerprint density at radius 2 is 1.67 bits per heavy atom. The summed E-state index contributed by atoms with van der Waals surface area (Å²) in [7, 11) is 0. The Hall–Kier alpha value is -0.180. The molecule has 0 saturated carbocycles. The highest BCUT2D eigenvalue weighted by atomic mass is 19.3. The van der Waals surface area contributed by atoms with E-state index in [1.165, 1.54) is 0 Å². The number of alkyl halides is 2. The molecule has 1 fully saturated rings. The van der Waals surface area contributed by atoms with Gasteiger partial charge in [-0.15, -0.1) is 0 Å². The number of hydrogen-bond donors (Lipinski definition) is 1. The Balaban J connectivity index is 0.000000561. The van der Waals surface area contributed by atoms with Crippen LogP contribution in [-0.2, 0) is 0 Å². The van der Waals surface area contributed by atoms with E-state index in [1.54, 1.807) is 13.8 Å². The molecule has 1 nitrogen and oxygen atoms in total. The van der Waals surface area contributed by atoms with Crippen LogP contribution in [0, 0.1) is 5.41 Å². The maximum Gasteiger partial charge on any atom is 0.265 e. The standard InChI is InChI=1S/C7H13F2N.C2H6/c1-6(2)3-4-10-5-7(6,8)9;1-2/h10H,3-5H2,1-2H3;1-2H3. The van der Waals surface area contributed by atoms with Gasteiger partial charge >= 0.3 is 0 Å². The summed E-state index contributed by atoms with van der Waals surface area (Å²) in [5.74, 6) is -2.54. The summed E-state index contributed by atoms with van der Waals surface area (Å²) < 4.78 is 25.8. The first-order chi connectivity index (χ1) is 5.46. The van der Waals surface area contributed by atoms with Gasteiger partial charge in [0, 0.05) is 5.41 Å². The lowest BCUT2D eigenvalue weighted by Gasteiger charge is -2.38. The normalized spacial score (nSPS) is 25.5. The van der Waals surface area contributed by atoms with Gasteiger partial charge in [-0.05, 0) is 13.0 Å². The minimum absolute atomic E-state index is 0.167. The van der Waals surface area contributed by atoms with Gasteiger partial charge in [0.15, 0.2) is 0 Å². The molecule has 1 N–H and O–H groups in total. The molecule has 0 aromatic heterocycles. The molecule has 1 saturated heterocycles. The molecule has 0 aromatic rings. The van der Waals surface area contributed by atoms with Gasteiger partial charge in [-0.3, -0.25) is 0 Å². The zero-order chi connectivity index (χ0) is 9.83. The molecule has 0 radical (unpaired) electrons. The largest absolute Gasteiger partial charge is 0.311 e. The van der Waals surface area contributed by atoms with Crippen LogP contribution in [0.5, 0.6) is 0 Å². The molecular formula is C9H19F2N. The summed E-state index contributed by atoms with van der Waals surface area (Å²) in [5.41, 5.74) is -0.821. The number of hydrogen-bond acceptors (Lipinski definition) is 1. The van der Waals surface area contributed by atoms with Crippen molar-refractivity contribution in [2.24, 2.45) is 5.41 Å². The van der Waals surface area contributed by atoms with Crippen molar-refractivity contribution in [3.63, 3.8) is 0 Å². The number of piperidine rings is 1. The van der Waals surface area contributed by atoms with Crippen molar-refractivity contribution in [1.82, 2.24) is 5.32 Å². The van der Waals surface area contributed by atoms with Crippen LogP contribution in [0.2, 0.25) is 0 Å². The summed E-state index contributed by atoms with van der Waals surface area (Å²) in [6.07, 6.45) is 0.556. The van der Waals surface area contributed by atoms with Gasteiger partial charge < -0.3 is 5.32 Å². The van der Waals surface area contributed by atoms with Crippen molar-refractivity contribution in [2.75, 3.05) is 13.1 Å². The Morgan fingerprint density at radius 1 is 1.17 bits per heavy atom. The van der Waals surface area contributed by atoms with Gasteiger partial charge in [-0.25, -0.2) is 8.78 Å². The Morgan fingerprint density at radius 3 is 1.92 bits per heavy atom. The molecule has 3 heteroatoms. The van der Waals surface area contributed by atoms with Gasteiger partial charge in [-0.1, -0.05) is 27.7 Å². The summed E-state index contributed by atoms with van der Waals surface area (Å²) in [5, 5.41) is 2.68. The molecule has 0 aromatic carbocycles. The average Bonchev–Trinajstić information content (AvgIpc) is 2.00. The molecule has 1 aliphatic rings. The minimum Gasteiger partial charge on any atom is -0.311 e. The maximum atomic E-state index is 12.9. The second-order valence-corrected chi connectivity index (χ2v) is 3.52. The predicted octanol–water partition coefficient (Wildman–Crippen LogP) is 2.67. The van der Waals surface area contributed by atoms with Crippen molar-refractivity contribution in [2.45, 2.75) is 40.0 Å². The smallest absolute Gasteiger partial charge is 0.265 e. The van der Waals surface area contributed by atoms with E-state index in [2.05, 4.69) is 5.32 Å². The van der Waals surface area contributed by atoms with E-state index in [9.17, 15) is 8.78 Å². The van der Waals surface area contributed by atoms with Crippen molar-refractivity contribution < 1.29 is 8.78 Å². The fourth-order valence-corrected chi connectivity index (χ4v) is 1.07. The molecule has 0 spiro atoms. The molecule has 0 atom stereocenters. The SMILES string of the molecule is CC.CC1(C)CCNCC1(F)F. The molecule has 1 heterocycles. The third-order valence-corrected chi connectivity index (χ3v) is 2.26. The lowest BCUT2D eigenvalue weighted by molar-refractivity contribution is -0.120. The van der Waals surface area contributed by atoms with Crippen LogP contribution in [0.3, 0.4) is 0 Å². The highest BCUT2D eigenvalue weighted by molar-refractivity contribution is 4.91. The highest BCUT2D eigenvalue weighted by Gasteiger charge is 2.47. The average molecular weight is 179 g/mol. The molecule has 0 unspecified atom stereocenters. The summed E-state index contributed by atoms with van der Waals surface area (Å²) in [6.45, 7) is 7.78. The van der Waals surface area contributed by atoms with E-state index in [-0.39, 0.29) is 6.54 Å². The van der Waals surface area contributed by atoms with Crippen molar-refractivity contribution in [1.29, 1.82) is 0 Å². The third-order valence-electron chi connectivity index (χ3n) is 2.26. The molecule has 1 rings (SSSR count). The van der Waals surface area contributed by atoms with Crippen LogP contribution in [0.25, 0.3) is 0 Å². The summed E-state index contributed by atoms with van der Waals surface area (Å²) >= 11 is 0. The minimum atomic E-state index is -2.54. The molecule has 12 heavy (non-hydrogen) atoms. The van der Waals surface area contributed by atoms with E-state index >= 15 is 0 Å². The summed E-state index contributed by atoms with van der Waals surface area (Å²) in [4.78, 5) is 0. The van der Waals surface area contributed by atoms with Crippen molar-refractivity contribution in [3.05, 3.63) is 0 Å². The van der Waals surface area contributed by atoms with Crippen LogP contribution in [0.1, 0.15) is 34.1 Å². The Labute approximate surface area is 73.5 Å². The quantitative estimate of drug-likeness (QED) is 0.603. The second-order valence-electron chi connectivity index (χ2n) is 3.52. The molecule has 1 aliphatic heterocycles. The van der Waals surface area contributed by atoms with E-state index in [0.717, 1.165) is 0 Å². The maximum absolute atomic E-state index is 12.9. The fourth-order valence-electron chi connectivity index (χ4n) is 1.07. The number of rotatable bonds is 0.